The average Bonchev–Trinajstić information content (AvgIpc) is 3.51. The SMILES string of the molecule is CCCCCCCCCOC(=O)CCCCCC1(CCCCCC(=O)OC(CCCCCCCC)CCCCCCCC)CCN(CCO)C1. The van der Waals surface area contributed by atoms with E-state index in [1.807, 2.05) is 0 Å². The summed E-state index contributed by atoms with van der Waals surface area (Å²) < 4.78 is 11.6. The molecule has 1 aliphatic heterocycles. The van der Waals surface area contributed by atoms with Crippen LogP contribution in [0.25, 0.3) is 0 Å². The number of nitrogens with zero attached hydrogens (tertiary/aromatic N) is 1. The number of likely N-dealkylation sites (tertiary alicyclic amines) is 1. The van der Waals surface area contributed by atoms with Crippen LogP contribution < -0.4 is 0 Å². The molecule has 0 aromatic carbocycles. The van der Waals surface area contributed by atoms with Gasteiger partial charge in [-0.3, -0.25) is 9.59 Å². The van der Waals surface area contributed by atoms with Gasteiger partial charge in [0, 0.05) is 25.9 Å². The molecule has 6 nitrogen and oxygen atoms in total. The Balaban J connectivity index is 2.35. The van der Waals surface area contributed by atoms with Crippen LogP contribution in [0.15, 0.2) is 0 Å². The Morgan fingerprint density at radius 2 is 1.06 bits per heavy atom. The Morgan fingerprint density at radius 1 is 0.600 bits per heavy atom. The second kappa shape index (κ2) is 33.7. The lowest BCUT2D eigenvalue weighted by Gasteiger charge is -2.30. The molecule has 1 unspecified atom stereocenters. The molecule has 1 atom stereocenters. The van der Waals surface area contributed by atoms with Crippen LogP contribution in [0.1, 0.15) is 226 Å². The summed E-state index contributed by atoms with van der Waals surface area (Å²) in [4.78, 5) is 27.5. The molecule has 1 heterocycles. The molecule has 0 radical (unpaired) electrons. The lowest BCUT2D eigenvalue weighted by atomic mass is 9.77. The highest BCUT2D eigenvalue weighted by Gasteiger charge is 2.36. The minimum atomic E-state index is -0.0321. The van der Waals surface area contributed by atoms with Crippen molar-refractivity contribution in [2.24, 2.45) is 5.41 Å². The van der Waals surface area contributed by atoms with E-state index in [-0.39, 0.29) is 24.6 Å². The van der Waals surface area contributed by atoms with E-state index in [1.165, 1.54) is 128 Å². The number of rotatable bonds is 37. The molecule has 0 aromatic heterocycles. The highest BCUT2D eigenvalue weighted by atomic mass is 16.5. The molecule has 1 saturated heterocycles. The minimum Gasteiger partial charge on any atom is -0.466 e. The van der Waals surface area contributed by atoms with E-state index in [0.717, 1.165) is 83.8 Å². The van der Waals surface area contributed by atoms with Gasteiger partial charge < -0.3 is 19.5 Å². The fraction of sp³-hybridized carbons (Fsp3) is 0.955. The second-order valence-electron chi connectivity index (χ2n) is 15.9. The van der Waals surface area contributed by atoms with Gasteiger partial charge in [-0.15, -0.1) is 0 Å². The Bertz CT molecular complexity index is 760. The maximum absolute atomic E-state index is 12.9. The van der Waals surface area contributed by atoms with Gasteiger partial charge >= 0.3 is 11.9 Å². The van der Waals surface area contributed by atoms with E-state index in [4.69, 9.17) is 9.47 Å². The predicted molar refractivity (Wildman–Crippen MR) is 212 cm³/mol. The summed E-state index contributed by atoms with van der Waals surface area (Å²) in [6, 6.07) is 0. The fourth-order valence-corrected chi connectivity index (χ4v) is 7.91. The van der Waals surface area contributed by atoms with Gasteiger partial charge in [-0.25, -0.2) is 0 Å². The number of aliphatic hydroxyl groups excluding tert-OH is 1. The van der Waals surface area contributed by atoms with Gasteiger partial charge in [0.25, 0.3) is 0 Å². The zero-order valence-electron chi connectivity index (χ0n) is 33.8. The number of ether oxygens (including phenoxy) is 2. The van der Waals surface area contributed by atoms with Crippen LogP contribution in [0, 0.1) is 5.41 Å². The molecule has 1 N–H and O–H groups in total. The summed E-state index contributed by atoms with van der Waals surface area (Å²) in [6.45, 7) is 10.5. The molecule has 6 heteroatoms. The lowest BCUT2D eigenvalue weighted by molar-refractivity contribution is -0.150. The first-order valence-electron chi connectivity index (χ1n) is 22.2. The maximum Gasteiger partial charge on any atom is 0.306 e. The van der Waals surface area contributed by atoms with E-state index in [2.05, 4.69) is 25.7 Å². The number of hydrogen-bond acceptors (Lipinski definition) is 6. The first-order valence-corrected chi connectivity index (χ1v) is 22.2. The summed E-state index contributed by atoms with van der Waals surface area (Å²) >= 11 is 0. The van der Waals surface area contributed by atoms with Crippen molar-refractivity contribution in [2.45, 2.75) is 232 Å². The summed E-state index contributed by atoms with van der Waals surface area (Å²) in [5.74, 6) is -0.0204. The maximum atomic E-state index is 12.9. The third-order valence-corrected chi connectivity index (χ3v) is 11.2. The monoisotopic (exact) mass is 708 g/mol. The standard InChI is InChI=1S/C44H85NO5/c1-4-7-10-13-16-19-28-39-49-42(47)31-24-20-26-33-44(35-36-45(40-44)37-38-46)34-27-21-25-32-43(48)50-41(29-22-17-14-11-8-5-2)30-23-18-15-12-9-6-3/h41,46H,4-40H2,1-3H3. The minimum absolute atomic E-state index is 0.0117. The smallest absolute Gasteiger partial charge is 0.306 e. The fourth-order valence-electron chi connectivity index (χ4n) is 7.91. The number of esters is 2. The topological polar surface area (TPSA) is 76.1 Å². The van der Waals surface area contributed by atoms with Gasteiger partial charge in [0.05, 0.1) is 13.2 Å². The number of hydrogen-bond donors (Lipinski definition) is 1. The van der Waals surface area contributed by atoms with Gasteiger partial charge in [-0.2, -0.15) is 0 Å². The first kappa shape index (κ1) is 46.9. The summed E-state index contributed by atoms with van der Waals surface area (Å²) in [5.41, 5.74) is 0.298. The van der Waals surface area contributed by atoms with Crippen LogP contribution in [-0.4, -0.2) is 60.9 Å². The Kier molecular flexibility index (Phi) is 31.6. The normalized spacial score (nSPS) is 16.4. The van der Waals surface area contributed by atoms with Crippen molar-refractivity contribution in [3.8, 4) is 0 Å². The lowest BCUT2D eigenvalue weighted by Crippen LogP contribution is -2.29. The van der Waals surface area contributed by atoms with Gasteiger partial charge in [-0.1, -0.05) is 149 Å². The van der Waals surface area contributed by atoms with E-state index in [0.29, 0.717) is 24.9 Å². The van der Waals surface area contributed by atoms with Gasteiger partial charge in [0.15, 0.2) is 0 Å². The highest BCUT2D eigenvalue weighted by Crippen LogP contribution is 2.40. The molecule has 0 aromatic rings. The molecular weight excluding hydrogens is 622 g/mol. The molecular formula is C44H85NO5. The molecule has 0 amide bonds. The van der Waals surface area contributed by atoms with Crippen LogP contribution >= 0.6 is 0 Å². The summed E-state index contributed by atoms with van der Waals surface area (Å²) in [5, 5.41) is 9.54. The van der Waals surface area contributed by atoms with Gasteiger partial charge in [0.1, 0.15) is 6.10 Å². The molecule has 0 bridgehead atoms. The number of carbonyl (C=O) groups excluding carboxylic acids is 2. The third kappa shape index (κ3) is 26.6. The van der Waals surface area contributed by atoms with Crippen LogP contribution in [-0.2, 0) is 19.1 Å². The summed E-state index contributed by atoms with van der Waals surface area (Å²) in [7, 11) is 0. The van der Waals surface area contributed by atoms with Gasteiger partial charge in [0.2, 0.25) is 0 Å². The summed E-state index contributed by atoms with van der Waals surface area (Å²) in [6.07, 6.45) is 37.0. The van der Waals surface area contributed by atoms with E-state index < -0.39 is 0 Å². The number of carbonyl (C=O) groups is 2. The first-order chi connectivity index (χ1) is 24.5. The second-order valence-corrected chi connectivity index (χ2v) is 15.9. The van der Waals surface area contributed by atoms with Crippen LogP contribution in [0.5, 0.6) is 0 Å². The van der Waals surface area contributed by atoms with Crippen molar-refractivity contribution in [3.05, 3.63) is 0 Å². The van der Waals surface area contributed by atoms with E-state index >= 15 is 0 Å². The average molecular weight is 708 g/mol. The van der Waals surface area contributed by atoms with Crippen LogP contribution in [0.2, 0.25) is 0 Å². The molecule has 1 rings (SSSR count). The van der Waals surface area contributed by atoms with E-state index in [1.54, 1.807) is 0 Å². The van der Waals surface area contributed by atoms with Crippen molar-refractivity contribution in [2.75, 3.05) is 32.8 Å². The highest BCUT2D eigenvalue weighted by molar-refractivity contribution is 5.69. The molecule has 0 spiro atoms. The predicted octanol–water partition coefficient (Wildman–Crippen LogP) is 12.3. The molecule has 296 valence electrons. The molecule has 0 saturated carbocycles. The van der Waals surface area contributed by atoms with Crippen molar-refractivity contribution < 1.29 is 24.2 Å². The molecule has 1 aliphatic rings. The van der Waals surface area contributed by atoms with Crippen molar-refractivity contribution in [1.82, 2.24) is 4.90 Å². The zero-order chi connectivity index (χ0) is 36.4. The van der Waals surface area contributed by atoms with Gasteiger partial charge in [-0.05, 0) is 76.2 Å². The third-order valence-electron chi connectivity index (χ3n) is 11.2. The van der Waals surface area contributed by atoms with Crippen molar-refractivity contribution >= 4 is 11.9 Å². The quantitative estimate of drug-likeness (QED) is 0.0512. The van der Waals surface area contributed by atoms with Crippen LogP contribution in [0.3, 0.4) is 0 Å². The molecule has 0 aliphatic carbocycles. The Morgan fingerprint density at radius 3 is 1.58 bits per heavy atom. The van der Waals surface area contributed by atoms with E-state index in [9.17, 15) is 14.7 Å². The number of β-amino-alcohol motifs (C(OH)–C–C–N with tert-alkyl or cyclic N) is 1. The van der Waals surface area contributed by atoms with Crippen molar-refractivity contribution in [3.63, 3.8) is 0 Å². The molecule has 50 heavy (non-hydrogen) atoms. The van der Waals surface area contributed by atoms with Crippen molar-refractivity contribution in [1.29, 1.82) is 0 Å². The Labute approximate surface area is 311 Å². The van der Waals surface area contributed by atoms with Crippen LogP contribution in [0.4, 0.5) is 0 Å². The largest absolute Gasteiger partial charge is 0.466 e. The number of unbranched alkanes of at least 4 members (excludes halogenated alkanes) is 20. The molecule has 1 fully saturated rings. The zero-order valence-corrected chi connectivity index (χ0v) is 33.8. The number of aliphatic hydroxyl groups is 1. The Hall–Kier alpha value is -1.14.